The van der Waals surface area contributed by atoms with Crippen LogP contribution in [-0.2, 0) is 23.6 Å². The fraction of sp³-hybridized carbons (Fsp3) is 0.967. The number of hydrogen-bond acceptors (Lipinski definition) is 7. The number of esters is 1. The van der Waals surface area contributed by atoms with Gasteiger partial charge in [-0.2, -0.15) is 0 Å². The summed E-state index contributed by atoms with van der Waals surface area (Å²) in [6.45, 7) is 9.61. The lowest BCUT2D eigenvalue weighted by Crippen LogP contribution is -2.42. The number of thiol groups is 1. The topological polar surface area (TPSA) is 82.1 Å². The molecule has 1 N–H and O–H groups in total. The minimum Gasteiger partial charge on any atom is -0.458 e. The van der Waals surface area contributed by atoms with Gasteiger partial charge in [0, 0.05) is 0 Å². The molecule has 0 aromatic carbocycles. The molecule has 0 aliphatic rings. The predicted molar refractivity (Wildman–Crippen MR) is 161 cm³/mol. The summed E-state index contributed by atoms with van der Waals surface area (Å²) in [4.78, 5) is 12.2. The normalized spacial score (nSPS) is 15.9. The molecular formula is C30H59O6PS. The smallest absolute Gasteiger partial charge is 0.380 e. The standard InChI is InChI=1S/C30H59O6PS/c1-6-9-11-13-15-16-17-19-21-23-26(22-20-18-14-12-10-7-2)24-28(38)35-27(8-3)36-30(32,37-33)29(31)34-25(4)5/h25-28,32,38H,6-24H2,1-5H3. The molecule has 0 aliphatic carbocycles. The summed E-state index contributed by atoms with van der Waals surface area (Å²) in [5, 5.41) is 10.5. The molecule has 0 saturated carbocycles. The average Bonchev–Trinajstić information content (AvgIpc) is 2.88. The summed E-state index contributed by atoms with van der Waals surface area (Å²) in [7, 11) is -0.888. The molecule has 4 unspecified atom stereocenters. The van der Waals surface area contributed by atoms with Crippen LogP contribution in [-0.4, -0.2) is 34.4 Å². The number of carbonyl (C=O) groups is 1. The van der Waals surface area contributed by atoms with E-state index in [4.69, 9.17) is 14.2 Å². The monoisotopic (exact) mass is 578 g/mol. The molecule has 0 rings (SSSR count). The highest BCUT2D eigenvalue weighted by molar-refractivity contribution is 7.80. The van der Waals surface area contributed by atoms with Gasteiger partial charge in [-0.1, -0.05) is 130 Å². The zero-order chi connectivity index (χ0) is 28.7. The van der Waals surface area contributed by atoms with Crippen LogP contribution in [0.15, 0.2) is 0 Å². The SMILES string of the molecule is CCCCCCCCCCCC(CCCCCCCC)CC(S)OC(CC)OC(O)(P=O)C(=O)OC(C)C. The minimum atomic E-state index is -2.59. The highest BCUT2D eigenvalue weighted by Crippen LogP contribution is 2.30. The molecular weight excluding hydrogens is 519 g/mol. The van der Waals surface area contributed by atoms with E-state index in [1.54, 1.807) is 13.8 Å². The van der Waals surface area contributed by atoms with Crippen LogP contribution in [0.2, 0.25) is 0 Å². The van der Waals surface area contributed by atoms with Crippen molar-refractivity contribution < 1.29 is 28.7 Å². The number of carbonyl (C=O) groups excluding carboxylic acids is 1. The van der Waals surface area contributed by atoms with E-state index in [-0.39, 0.29) is 0 Å². The van der Waals surface area contributed by atoms with Crippen molar-refractivity contribution in [2.24, 2.45) is 5.92 Å². The first-order valence-electron chi connectivity index (χ1n) is 15.5. The molecule has 0 aromatic rings. The molecule has 8 heteroatoms. The molecule has 4 atom stereocenters. The fourth-order valence-electron chi connectivity index (χ4n) is 4.64. The molecule has 6 nitrogen and oxygen atoms in total. The van der Waals surface area contributed by atoms with E-state index < -0.39 is 37.8 Å². The molecule has 0 spiro atoms. The van der Waals surface area contributed by atoms with Gasteiger partial charge < -0.3 is 19.3 Å². The highest BCUT2D eigenvalue weighted by Gasteiger charge is 2.44. The molecule has 226 valence electrons. The van der Waals surface area contributed by atoms with Crippen molar-refractivity contribution in [2.45, 2.75) is 180 Å². The zero-order valence-corrected chi connectivity index (χ0v) is 26.9. The lowest BCUT2D eigenvalue weighted by Gasteiger charge is -2.29. The van der Waals surface area contributed by atoms with Crippen LogP contribution in [0.5, 0.6) is 0 Å². The van der Waals surface area contributed by atoms with Gasteiger partial charge in [0.25, 0.3) is 0 Å². The van der Waals surface area contributed by atoms with Gasteiger partial charge in [-0.3, -0.25) is 4.57 Å². The number of rotatable bonds is 27. The van der Waals surface area contributed by atoms with Gasteiger partial charge in [-0.25, -0.2) is 4.79 Å². The number of hydrogen-bond donors (Lipinski definition) is 2. The maximum absolute atomic E-state index is 12.2. The largest absolute Gasteiger partial charge is 0.458 e. The van der Waals surface area contributed by atoms with E-state index in [2.05, 4.69) is 26.5 Å². The second-order valence-corrected chi connectivity index (χ2v) is 12.3. The molecule has 0 saturated heterocycles. The van der Waals surface area contributed by atoms with Gasteiger partial charge in [0.2, 0.25) is 8.46 Å². The third-order valence-electron chi connectivity index (χ3n) is 6.89. The Morgan fingerprint density at radius 2 is 1.26 bits per heavy atom. The van der Waals surface area contributed by atoms with Crippen LogP contribution in [0, 0.1) is 5.92 Å². The first-order chi connectivity index (χ1) is 18.2. The van der Waals surface area contributed by atoms with Crippen LogP contribution in [0.4, 0.5) is 0 Å². The Bertz CT molecular complexity index is 579. The Morgan fingerprint density at radius 1 is 0.816 bits per heavy atom. The summed E-state index contributed by atoms with van der Waals surface area (Å²) in [5.74, 6) is -0.582. The van der Waals surface area contributed by atoms with Crippen molar-refractivity contribution in [2.75, 3.05) is 0 Å². The van der Waals surface area contributed by atoms with Gasteiger partial charge >= 0.3 is 11.5 Å². The van der Waals surface area contributed by atoms with Gasteiger partial charge in [-0.15, -0.1) is 12.6 Å². The van der Waals surface area contributed by atoms with Crippen molar-refractivity contribution in [1.82, 2.24) is 0 Å². The van der Waals surface area contributed by atoms with Crippen molar-refractivity contribution in [3.05, 3.63) is 0 Å². The summed E-state index contributed by atoms with van der Waals surface area (Å²) < 4.78 is 28.0. The van der Waals surface area contributed by atoms with Crippen LogP contribution >= 0.6 is 21.1 Å². The molecule has 0 aromatic heterocycles. The predicted octanol–water partition coefficient (Wildman–Crippen LogP) is 9.58. The zero-order valence-electron chi connectivity index (χ0n) is 25.1. The number of unbranched alkanes of at least 4 members (excludes halogenated alkanes) is 13. The maximum Gasteiger partial charge on any atom is 0.380 e. The van der Waals surface area contributed by atoms with Crippen molar-refractivity contribution in [3.8, 4) is 0 Å². The van der Waals surface area contributed by atoms with E-state index >= 15 is 0 Å². The van der Waals surface area contributed by atoms with Crippen LogP contribution in [0.1, 0.15) is 157 Å². The second kappa shape index (κ2) is 24.6. The summed E-state index contributed by atoms with van der Waals surface area (Å²) in [5.41, 5.74) is -3.00. The van der Waals surface area contributed by atoms with Crippen molar-refractivity contribution in [3.63, 3.8) is 0 Å². The van der Waals surface area contributed by atoms with Gasteiger partial charge in [-0.05, 0) is 32.6 Å². The third-order valence-corrected chi connectivity index (χ3v) is 7.76. The van der Waals surface area contributed by atoms with Gasteiger partial charge in [0.05, 0.1) is 6.10 Å². The van der Waals surface area contributed by atoms with Gasteiger partial charge in [0.1, 0.15) is 5.44 Å². The Morgan fingerprint density at radius 3 is 1.66 bits per heavy atom. The molecule has 0 radical (unpaired) electrons. The van der Waals surface area contributed by atoms with E-state index in [1.807, 2.05) is 6.92 Å². The summed E-state index contributed by atoms with van der Waals surface area (Å²) >= 11 is 4.68. The van der Waals surface area contributed by atoms with Crippen molar-refractivity contribution in [1.29, 1.82) is 0 Å². The Labute approximate surface area is 241 Å². The Balaban J connectivity index is 4.75. The third kappa shape index (κ3) is 19.8. The first-order valence-corrected chi connectivity index (χ1v) is 16.8. The summed E-state index contributed by atoms with van der Waals surface area (Å²) in [6, 6.07) is 0. The van der Waals surface area contributed by atoms with Gasteiger partial charge in [0.15, 0.2) is 6.29 Å². The van der Waals surface area contributed by atoms with E-state index in [0.717, 1.165) is 19.3 Å². The Hall–Kier alpha value is -0.200. The average molecular weight is 579 g/mol. The van der Waals surface area contributed by atoms with E-state index in [0.29, 0.717) is 12.3 Å². The fourth-order valence-corrected chi connectivity index (χ4v) is 5.36. The Kier molecular flexibility index (Phi) is 24.5. The molecule has 0 amide bonds. The van der Waals surface area contributed by atoms with Crippen LogP contribution < -0.4 is 0 Å². The molecule has 38 heavy (non-hydrogen) atoms. The molecule has 0 fully saturated rings. The molecule has 0 heterocycles. The quantitative estimate of drug-likeness (QED) is 0.0332. The number of ether oxygens (including phenoxy) is 3. The number of aliphatic hydroxyl groups is 1. The molecule has 0 bridgehead atoms. The minimum absolute atomic E-state index is 0.365. The lowest BCUT2D eigenvalue weighted by atomic mass is 9.91. The molecule has 0 aliphatic heterocycles. The second-order valence-electron chi connectivity index (χ2n) is 11.0. The van der Waals surface area contributed by atoms with Crippen LogP contribution in [0.3, 0.4) is 0 Å². The van der Waals surface area contributed by atoms with E-state index in [9.17, 15) is 14.5 Å². The lowest BCUT2D eigenvalue weighted by molar-refractivity contribution is -0.260. The van der Waals surface area contributed by atoms with Crippen molar-refractivity contribution >= 4 is 27.1 Å². The van der Waals surface area contributed by atoms with E-state index in [1.165, 1.54) is 96.3 Å². The van der Waals surface area contributed by atoms with Crippen LogP contribution in [0.25, 0.3) is 0 Å². The summed E-state index contributed by atoms with van der Waals surface area (Å²) in [6.07, 6.45) is 21.6. The first kappa shape index (κ1) is 37.8. The highest BCUT2D eigenvalue weighted by atomic mass is 32.1. The maximum atomic E-state index is 12.2.